The van der Waals surface area contributed by atoms with Crippen LogP contribution >= 0.6 is 0 Å². The van der Waals surface area contributed by atoms with E-state index in [-0.39, 0.29) is 0 Å². The molecule has 1 aliphatic heterocycles. The average Bonchev–Trinajstić information content (AvgIpc) is 3.20. The van der Waals surface area contributed by atoms with Gasteiger partial charge in [-0.15, -0.1) is 0 Å². The Kier molecular flexibility index (Phi) is 12.4. The van der Waals surface area contributed by atoms with Gasteiger partial charge in [0.1, 0.15) is 11.9 Å². The first-order valence-electron chi connectivity index (χ1n) is 17.0. The summed E-state index contributed by atoms with van der Waals surface area (Å²) in [6, 6.07) is 39.5. The monoisotopic (exact) mass is 733 g/mol. The van der Waals surface area contributed by atoms with Gasteiger partial charge in [-0.1, -0.05) is 97.1 Å². The number of aliphatic hydroxyl groups is 1. The van der Waals surface area contributed by atoms with Crippen LogP contribution < -0.4 is 20.7 Å². The van der Waals surface area contributed by atoms with Crippen LogP contribution in [0.25, 0.3) is 22.3 Å². The molecule has 3 amide bonds. The highest BCUT2D eigenvalue weighted by atomic mass is 16.7. The number of hydrogen-bond acceptors (Lipinski definition) is 10. The van der Waals surface area contributed by atoms with Crippen molar-refractivity contribution in [1.82, 2.24) is 0 Å². The van der Waals surface area contributed by atoms with Gasteiger partial charge >= 0.3 is 18.3 Å². The molecular formula is C41H39N3O10. The van der Waals surface area contributed by atoms with Crippen LogP contribution in [0.5, 0.6) is 5.75 Å². The highest BCUT2D eigenvalue weighted by molar-refractivity contribution is 5.93. The Hall–Kier alpha value is -6.41. The number of benzene rings is 5. The predicted octanol–water partition coefficient (Wildman–Crippen LogP) is 7.54. The van der Waals surface area contributed by atoms with E-state index in [4.69, 9.17) is 28.4 Å². The van der Waals surface area contributed by atoms with Gasteiger partial charge in [0.15, 0.2) is 24.6 Å². The van der Waals surface area contributed by atoms with E-state index in [1.807, 2.05) is 84.9 Å². The van der Waals surface area contributed by atoms with E-state index in [9.17, 15) is 19.5 Å². The van der Waals surface area contributed by atoms with Crippen LogP contribution in [-0.2, 0) is 23.7 Å². The molecule has 0 bridgehead atoms. The third-order valence-electron chi connectivity index (χ3n) is 8.57. The maximum atomic E-state index is 13.8. The number of ether oxygens (including phenoxy) is 6. The molecule has 5 aromatic carbocycles. The van der Waals surface area contributed by atoms with Gasteiger partial charge in [-0.2, -0.15) is 0 Å². The van der Waals surface area contributed by atoms with Crippen molar-refractivity contribution in [3.63, 3.8) is 0 Å². The Labute approximate surface area is 311 Å². The number of rotatable bonds is 11. The molecule has 0 saturated carbocycles. The number of anilines is 3. The second-order valence-electron chi connectivity index (χ2n) is 12.0. The molecule has 13 heteroatoms. The van der Waals surface area contributed by atoms with E-state index in [0.717, 1.165) is 16.7 Å². The normalized spacial score (nSPS) is 19.1. The Morgan fingerprint density at radius 3 is 1.54 bits per heavy atom. The summed E-state index contributed by atoms with van der Waals surface area (Å²) in [7, 11) is 2.81. The zero-order valence-electron chi connectivity index (χ0n) is 29.4. The molecule has 4 N–H and O–H groups in total. The summed E-state index contributed by atoms with van der Waals surface area (Å²) in [4.78, 5) is 40.7. The molecule has 54 heavy (non-hydrogen) atoms. The maximum absolute atomic E-state index is 13.8. The van der Waals surface area contributed by atoms with Crippen LogP contribution in [0.15, 0.2) is 133 Å². The molecular weight excluding hydrogens is 694 g/mol. The zero-order chi connectivity index (χ0) is 37.9. The van der Waals surface area contributed by atoms with Gasteiger partial charge in [0.2, 0.25) is 0 Å². The van der Waals surface area contributed by atoms with Crippen LogP contribution in [0.1, 0.15) is 0 Å². The molecule has 6 rings (SSSR count). The Morgan fingerprint density at radius 2 is 1.04 bits per heavy atom. The van der Waals surface area contributed by atoms with Gasteiger partial charge in [0, 0.05) is 23.9 Å². The Balaban J connectivity index is 1.29. The molecule has 0 aromatic heterocycles. The first-order chi connectivity index (χ1) is 26.4. The van der Waals surface area contributed by atoms with Crippen LogP contribution in [0.3, 0.4) is 0 Å². The maximum Gasteiger partial charge on any atom is 0.412 e. The third kappa shape index (κ3) is 9.14. The van der Waals surface area contributed by atoms with E-state index in [0.29, 0.717) is 28.4 Å². The highest BCUT2D eigenvalue weighted by Crippen LogP contribution is 2.33. The average molecular weight is 734 g/mol. The van der Waals surface area contributed by atoms with Crippen LogP contribution in [0, 0.1) is 0 Å². The predicted molar refractivity (Wildman–Crippen MR) is 201 cm³/mol. The summed E-state index contributed by atoms with van der Waals surface area (Å²) >= 11 is 0. The number of methoxy groups -OCH3 is 2. The third-order valence-corrected chi connectivity index (χ3v) is 8.57. The second kappa shape index (κ2) is 17.9. The number of para-hydroxylation sites is 2. The highest BCUT2D eigenvalue weighted by Gasteiger charge is 2.53. The van der Waals surface area contributed by atoms with E-state index in [1.54, 1.807) is 48.5 Å². The quantitative estimate of drug-likeness (QED) is 0.0998. The van der Waals surface area contributed by atoms with Crippen molar-refractivity contribution in [2.45, 2.75) is 30.7 Å². The summed E-state index contributed by atoms with van der Waals surface area (Å²) < 4.78 is 34.3. The van der Waals surface area contributed by atoms with Crippen molar-refractivity contribution in [3.8, 4) is 28.0 Å². The van der Waals surface area contributed by atoms with Crippen molar-refractivity contribution in [2.75, 3.05) is 36.8 Å². The molecule has 1 saturated heterocycles. The SMILES string of the molecule is COc1ccc(NC(=O)O[C@H]2[C@H](OC(=O)Nc3ccccc3-c3ccccc3)[C@H](OC(=O)Nc3ccccc3-c3ccccc3)[C@@H](OC)O[C@@H]2CO)cc1. The van der Waals surface area contributed by atoms with Gasteiger partial charge < -0.3 is 33.5 Å². The first kappa shape index (κ1) is 37.4. The summed E-state index contributed by atoms with van der Waals surface area (Å²) in [6.45, 7) is -0.679. The number of nitrogens with one attached hydrogen (secondary N) is 3. The second-order valence-corrected chi connectivity index (χ2v) is 12.0. The molecule has 278 valence electrons. The minimum atomic E-state index is -1.55. The lowest BCUT2D eigenvalue weighted by Crippen LogP contribution is -2.63. The molecule has 1 aliphatic rings. The molecule has 0 unspecified atom stereocenters. The lowest BCUT2D eigenvalue weighted by atomic mass is 9.98. The first-order valence-corrected chi connectivity index (χ1v) is 17.0. The van der Waals surface area contributed by atoms with Gasteiger partial charge in [0.05, 0.1) is 25.1 Å². The summed E-state index contributed by atoms with van der Waals surface area (Å²) in [6.07, 6.45) is -10.1. The molecule has 5 aromatic rings. The molecule has 0 radical (unpaired) electrons. The van der Waals surface area contributed by atoms with Gasteiger partial charge in [-0.3, -0.25) is 16.0 Å². The van der Waals surface area contributed by atoms with Crippen molar-refractivity contribution >= 4 is 35.3 Å². The number of amides is 3. The topological polar surface area (TPSA) is 163 Å². The lowest BCUT2D eigenvalue weighted by Gasteiger charge is -2.43. The van der Waals surface area contributed by atoms with Crippen molar-refractivity contribution in [1.29, 1.82) is 0 Å². The summed E-state index contributed by atoms with van der Waals surface area (Å²) in [5.74, 6) is 0.568. The van der Waals surface area contributed by atoms with Crippen molar-refractivity contribution in [2.24, 2.45) is 0 Å². The molecule has 13 nitrogen and oxygen atoms in total. The van der Waals surface area contributed by atoms with Crippen molar-refractivity contribution < 1.29 is 47.9 Å². The molecule has 1 fully saturated rings. The van der Waals surface area contributed by atoms with Gasteiger partial charge in [-0.05, 0) is 47.5 Å². The Morgan fingerprint density at radius 1 is 0.574 bits per heavy atom. The standard InChI is InChI=1S/C41H39N3O10/c1-49-29-23-21-28(22-24-29)42-39(46)52-35-34(25-45)51-38(50-2)37(54-41(48)44-33-20-12-10-18-31(33)27-15-7-4-8-16-27)36(35)53-40(47)43-32-19-11-9-17-30(32)26-13-5-3-6-14-26/h3-24,34-38,45H,25H2,1-2H3,(H,42,46)(H,43,47)(H,44,48)/t34-,35-,36+,37+,38+/m1/s1. The van der Waals surface area contributed by atoms with E-state index in [2.05, 4.69) is 16.0 Å². The minimum Gasteiger partial charge on any atom is -0.497 e. The van der Waals surface area contributed by atoms with Crippen molar-refractivity contribution in [3.05, 3.63) is 133 Å². The van der Waals surface area contributed by atoms with E-state index in [1.165, 1.54) is 14.2 Å². The molecule has 0 aliphatic carbocycles. The van der Waals surface area contributed by atoms with E-state index >= 15 is 0 Å². The minimum absolute atomic E-state index is 0.366. The number of carbonyl (C=O) groups excluding carboxylic acids is 3. The fraction of sp³-hybridized carbons (Fsp3) is 0.195. The van der Waals surface area contributed by atoms with Crippen LogP contribution in [-0.4, -0.2) is 74.9 Å². The number of hydrogen-bond donors (Lipinski definition) is 4. The zero-order valence-corrected chi connectivity index (χ0v) is 29.4. The van der Waals surface area contributed by atoms with Gasteiger partial charge in [-0.25, -0.2) is 14.4 Å². The summed E-state index contributed by atoms with van der Waals surface area (Å²) in [5, 5.41) is 18.5. The smallest absolute Gasteiger partial charge is 0.412 e. The Bertz CT molecular complexity index is 2010. The summed E-state index contributed by atoms with van der Waals surface area (Å²) in [5.41, 5.74) is 4.34. The lowest BCUT2D eigenvalue weighted by molar-refractivity contribution is -0.290. The van der Waals surface area contributed by atoms with Gasteiger partial charge in [0.25, 0.3) is 0 Å². The molecule has 5 atom stereocenters. The largest absolute Gasteiger partial charge is 0.497 e. The molecule has 0 spiro atoms. The fourth-order valence-corrected chi connectivity index (χ4v) is 6.01. The fourth-order valence-electron chi connectivity index (χ4n) is 6.01. The van der Waals surface area contributed by atoms with E-state index < -0.39 is 55.6 Å². The number of carbonyl (C=O) groups is 3. The number of aliphatic hydroxyl groups excluding tert-OH is 1. The molecule has 1 heterocycles. The van der Waals surface area contributed by atoms with Crippen LogP contribution in [0.2, 0.25) is 0 Å². The van der Waals surface area contributed by atoms with Crippen LogP contribution in [0.4, 0.5) is 31.4 Å².